The Morgan fingerprint density at radius 2 is 0.470 bits per heavy atom. The third kappa shape index (κ3) is 69.5. The molecule has 0 spiro atoms. The van der Waals surface area contributed by atoms with Gasteiger partial charge in [-0.15, -0.1) is 0 Å². The van der Waals surface area contributed by atoms with E-state index in [4.69, 9.17) is 14.2 Å². The third-order valence-corrected chi connectivity index (χ3v) is 16.2. The van der Waals surface area contributed by atoms with Gasteiger partial charge in [0.1, 0.15) is 13.2 Å². The Morgan fingerprint density at radius 3 is 0.747 bits per heavy atom. The minimum Gasteiger partial charge on any atom is -0.462 e. The summed E-state index contributed by atoms with van der Waals surface area (Å²) in [7, 11) is 0. The first-order chi connectivity index (χ1) is 41.0. The van der Waals surface area contributed by atoms with E-state index >= 15 is 0 Å². The summed E-state index contributed by atoms with van der Waals surface area (Å²) in [5.41, 5.74) is 0. The Hall–Kier alpha value is -3.15. The molecule has 0 aliphatic rings. The number of carbonyl (C=O) groups is 3. The molecule has 0 fully saturated rings. The number of rotatable bonds is 67. The summed E-state index contributed by atoms with van der Waals surface area (Å²) in [5.74, 6) is -0.857. The SMILES string of the molecule is CC/C=C\C/C=C\C/C=C\C/C=C\C/C=C\CCCCCCCCCCCCCCCC(=O)OCC(COC(=O)CCCCCCCCC)OC(=O)CCCCCCCCCCCCCCCCCCC/C=C\CCCCCCCCCC. The van der Waals surface area contributed by atoms with E-state index in [1.54, 1.807) is 0 Å². The van der Waals surface area contributed by atoms with Crippen molar-refractivity contribution in [3.8, 4) is 0 Å². The largest absolute Gasteiger partial charge is 0.462 e. The van der Waals surface area contributed by atoms with Crippen LogP contribution in [-0.4, -0.2) is 37.2 Å². The predicted octanol–water partition coefficient (Wildman–Crippen LogP) is 25.2. The molecule has 0 aliphatic heterocycles. The van der Waals surface area contributed by atoms with Crippen LogP contribution in [0.4, 0.5) is 0 Å². The van der Waals surface area contributed by atoms with Crippen molar-refractivity contribution in [1.82, 2.24) is 0 Å². The van der Waals surface area contributed by atoms with Crippen molar-refractivity contribution < 1.29 is 28.6 Å². The van der Waals surface area contributed by atoms with Gasteiger partial charge in [0.2, 0.25) is 0 Å². The molecule has 0 N–H and O–H groups in total. The minimum absolute atomic E-state index is 0.0707. The highest BCUT2D eigenvalue weighted by molar-refractivity contribution is 5.71. The molecule has 0 rings (SSSR count). The van der Waals surface area contributed by atoms with Gasteiger partial charge in [0.05, 0.1) is 0 Å². The van der Waals surface area contributed by atoms with E-state index in [0.29, 0.717) is 19.3 Å². The van der Waals surface area contributed by atoms with Gasteiger partial charge >= 0.3 is 17.9 Å². The van der Waals surface area contributed by atoms with Crippen LogP contribution in [0, 0.1) is 0 Å². The number of carbonyl (C=O) groups excluding carboxylic acids is 3. The second-order valence-electron chi connectivity index (χ2n) is 24.5. The fourth-order valence-electron chi connectivity index (χ4n) is 10.8. The number of hydrogen-bond acceptors (Lipinski definition) is 6. The molecule has 0 saturated heterocycles. The van der Waals surface area contributed by atoms with Gasteiger partial charge in [0, 0.05) is 19.3 Å². The molecule has 0 saturated carbocycles. The second-order valence-corrected chi connectivity index (χ2v) is 24.5. The Kier molecular flexibility index (Phi) is 68.6. The molecule has 0 aliphatic carbocycles. The van der Waals surface area contributed by atoms with Crippen LogP contribution in [0.3, 0.4) is 0 Å². The molecule has 1 atom stereocenters. The summed E-state index contributed by atoms with van der Waals surface area (Å²) in [4.78, 5) is 38.2. The first kappa shape index (κ1) is 79.8. The van der Waals surface area contributed by atoms with E-state index in [0.717, 1.165) is 89.9 Å². The zero-order valence-electron chi connectivity index (χ0n) is 55.5. The van der Waals surface area contributed by atoms with Gasteiger partial charge in [0.25, 0.3) is 0 Å². The predicted molar refractivity (Wildman–Crippen MR) is 362 cm³/mol. The lowest BCUT2D eigenvalue weighted by atomic mass is 10.0. The van der Waals surface area contributed by atoms with E-state index in [1.165, 1.54) is 250 Å². The van der Waals surface area contributed by atoms with E-state index in [9.17, 15) is 14.4 Å². The lowest BCUT2D eigenvalue weighted by molar-refractivity contribution is -0.167. The maximum Gasteiger partial charge on any atom is 0.306 e. The summed E-state index contributed by atoms with van der Waals surface area (Å²) in [6.07, 6.45) is 94.0. The molecule has 0 heterocycles. The van der Waals surface area contributed by atoms with E-state index in [-0.39, 0.29) is 31.1 Å². The number of hydrogen-bond donors (Lipinski definition) is 0. The maximum absolute atomic E-state index is 12.9. The zero-order chi connectivity index (χ0) is 59.9. The molecular formula is C77H138O6. The Balaban J connectivity index is 4.03. The van der Waals surface area contributed by atoms with Crippen molar-refractivity contribution in [2.75, 3.05) is 13.2 Å². The van der Waals surface area contributed by atoms with Gasteiger partial charge in [-0.3, -0.25) is 14.4 Å². The average Bonchev–Trinajstić information content (AvgIpc) is 3.49. The molecule has 6 heteroatoms. The molecule has 0 aromatic heterocycles. The van der Waals surface area contributed by atoms with E-state index in [2.05, 4.69) is 93.7 Å². The van der Waals surface area contributed by atoms with Gasteiger partial charge in [-0.2, -0.15) is 0 Å². The molecule has 0 amide bonds. The topological polar surface area (TPSA) is 78.9 Å². The Morgan fingerprint density at radius 1 is 0.253 bits per heavy atom. The monoisotopic (exact) mass is 1160 g/mol. The summed E-state index contributed by atoms with van der Waals surface area (Å²) in [6, 6.07) is 0. The Labute approximate surface area is 516 Å². The van der Waals surface area contributed by atoms with Crippen molar-refractivity contribution in [3.05, 3.63) is 72.9 Å². The zero-order valence-corrected chi connectivity index (χ0v) is 55.5. The van der Waals surface area contributed by atoms with Gasteiger partial charge in [0.15, 0.2) is 6.10 Å². The summed E-state index contributed by atoms with van der Waals surface area (Å²) >= 11 is 0. The molecular weight excluding hydrogens is 1020 g/mol. The number of unbranched alkanes of at least 4 members (excludes halogenated alkanes) is 44. The molecule has 6 nitrogen and oxygen atoms in total. The van der Waals surface area contributed by atoms with Crippen molar-refractivity contribution in [2.24, 2.45) is 0 Å². The number of ether oxygens (including phenoxy) is 3. The number of allylic oxidation sites excluding steroid dienone is 12. The molecule has 0 aromatic carbocycles. The fourth-order valence-corrected chi connectivity index (χ4v) is 10.8. The smallest absolute Gasteiger partial charge is 0.306 e. The minimum atomic E-state index is -0.772. The first-order valence-electron chi connectivity index (χ1n) is 36.4. The van der Waals surface area contributed by atoms with Gasteiger partial charge in [-0.25, -0.2) is 0 Å². The lowest BCUT2D eigenvalue weighted by Crippen LogP contribution is -2.30. The molecule has 0 aromatic rings. The van der Waals surface area contributed by atoms with Gasteiger partial charge in [-0.1, -0.05) is 344 Å². The van der Waals surface area contributed by atoms with Gasteiger partial charge in [-0.05, 0) is 89.9 Å². The third-order valence-electron chi connectivity index (χ3n) is 16.2. The molecule has 1 unspecified atom stereocenters. The van der Waals surface area contributed by atoms with Crippen LogP contribution in [0.2, 0.25) is 0 Å². The van der Waals surface area contributed by atoms with Crippen LogP contribution >= 0.6 is 0 Å². The van der Waals surface area contributed by atoms with E-state index < -0.39 is 6.10 Å². The summed E-state index contributed by atoms with van der Waals surface area (Å²) in [5, 5.41) is 0. The second kappa shape index (κ2) is 71.3. The Bertz CT molecular complexity index is 1520. The van der Waals surface area contributed by atoms with Gasteiger partial charge < -0.3 is 14.2 Å². The quantitative estimate of drug-likeness (QED) is 0.0261. The molecule has 0 radical (unpaired) electrons. The number of esters is 3. The van der Waals surface area contributed by atoms with Crippen LogP contribution in [0.5, 0.6) is 0 Å². The fraction of sp³-hybridized carbons (Fsp3) is 0.805. The van der Waals surface area contributed by atoms with Crippen LogP contribution in [0.25, 0.3) is 0 Å². The highest BCUT2D eigenvalue weighted by Crippen LogP contribution is 2.18. The average molecular weight is 1160 g/mol. The summed E-state index contributed by atoms with van der Waals surface area (Å²) in [6.45, 7) is 6.54. The summed E-state index contributed by atoms with van der Waals surface area (Å²) < 4.78 is 16.9. The van der Waals surface area contributed by atoms with Crippen molar-refractivity contribution in [3.63, 3.8) is 0 Å². The molecule has 83 heavy (non-hydrogen) atoms. The van der Waals surface area contributed by atoms with Crippen LogP contribution in [-0.2, 0) is 28.6 Å². The standard InChI is InChI=1S/C77H138O6/c1-4-7-10-13-16-18-20-22-24-26-28-30-32-34-36-38-40-42-44-46-48-50-52-54-56-58-61-64-67-70-76(79)82-73-74(72-81-75(78)69-66-63-60-15-12-9-6-3)83-77(80)71-68-65-62-59-57-55-53-51-49-47-45-43-41-39-37-35-33-31-29-27-25-23-21-19-17-14-11-8-5-2/h7,10,16,18,22,24,27-30,34,36,74H,4-6,8-9,11-15,17,19-21,23,25-26,31-33,35,37-73H2,1-3H3/b10-7-,18-16-,24-22-,29-27-,30-28-,36-34-. The normalized spacial score (nSPS) is 12.5. The van der Waals surface area contributed by atoms with Crippen LogP contribution < -0.4 is 0 Å². The highest BCUT2D eigenvalue weighted by Gasteiger charge is 2.19. The molecule has 482 valence electrons. The van der Waals surface area contributed by atoms with Crippen LogP contribution in [0.15, 0.2) is 72.9 Å². The highest BCUT2D eigenvalue weighted by atomic mass is 16.6. The first-order valence-corrected chi connectivity index (χ1v) is 36.4. The maximum atomic E-state index is 12.9. The van der Waals surface area contributed by atoms with Crippen LogP contribution in [0.1, 0.15) is 380 Å². The lowest BCUT2D eigenvalue weighted by Gasteiger charge is -2.18. The van der Waals surface area contributed by atoms with Crippen molar-refractivity contribution >= 4 is 17.9 Å². The van der Waals surface area contributed by atoms with Crippen molar-refractivity contribution in [2.45, 2.75) is 386 Å². The van der Waals surface area contributed by atoms with Crippen molar-refractivity contribution in [1.29, 1.82) is 0 Å². The van der Waals surface area contributed by atoms with E-state index in [1.807, 2.05) is 0 Å². The molecule has 0 bridgehead atoms.